The molecule has 1 aliphatic heterocycles. The van der Waals surface area contributed by atoms with Crippen molar-refractivity contribution in [2.45, 2.75) is 39.7 Å². The molecule has 2 heterocycles. The monoisotopic (exact) mass is 322 g/mol. The van der Waals surface area contributed by atoms with Crippen LogP contribution >= 0.6 is 12.4 Å². The summed E-state index contributed by atoms with van der Waals surface area (Å²) in [5.41, 5.74) is 3.98. The van der Waals surface area contributed by atoms with Gasteiger partial charge in [-0.3, -0.25) is 4.79 Å². The smallest absolute Gasteiger partial charge is 0.287 e. The first-order valence-corrected chi connectivity index (χ1v) is 7.59. The van der Waals surface area contributed by atoms with E-state index in [2.05, 4.69) is 23.6 Å². The Hall–Kier alpha value is -1.52. The first-order valence-electron chi connectivity index (χ1n) is 7.59. The Morgan fingerprint density at radius 1 is 1.32 bits per heavy atom. The van der Waals surface area contributed by atoms with Crippen LogP contribution in [0, 0.1) is 20.8 Å². The van der Waals surface area contributed by atoms with Crippen molar-refractivity contribution in [2.24, 2.45) is 0 Å². The Bertz CT molecular complexity index is 688. The fourth-order valence-electron chi connectivity index (χ4n) is 3.12. The van der Waals surface area contributed by atoms with Crippen molar-refractivity contribution < 1.29 is 9.21 Å². The Morgan fingerprint density at radius 2 is 2.05 bits per heavy atom. The second-order valence-electron chi connectivity index (χ2n) is 5.96. The summed E-state index contributed by atoms with van der Waals surface area (Å²) in [5, 5.41) is 7.43. The van der Waals surface area contributed by atoms with Crippen molar-refractivity contribution >= 4 is 29.3 Å². The van der Waals surface area contributed by atoms with Crippen LogP contribution in [0.4, 0.5) is 0 Å². The van der Waals surface area contributed by atoms with Gasteiger partial charge in [-0.1, -0.05) is 12.1 Å². The van der Waals surface area contributed by atoms with Crippen LogP contribution in [0.3, 0.4) is 0 Å². The van der Waals surface area contributed by atoms with E-state index in [4.69, 9.17) is 4.42 Å². The first kappa shape index (κ1) is 16.8. The summed E-state index contributed by atoms with van der Waals surface area (Å²) < 4.78 is 5.85. The molecular weight excluding hydrogens is 300 g/mol. The molecule has 0 bridgehead atoms. The van der Waals surface area contributed by atoms with Crippen molar-refractivity contribution in [3.8, 4) is 0 Å². The number of hydrogen-bond donors (Lipinski definition) is 2. The van der Waals surface area contributed by atoms with Crippen LogP contribution in [-0.2, 0) is 0 Å². The van der Waals surface area contributed by atoms with Gasteiger partial charge in [0.1, 0.15) is 5.58 Å². The van der Waals surface area contributed by atoms with Crippen LogP contribution in [-0.4, -0.2) is 25.0 Å². The zero-order chi connectivity index (χ0) is 15.0. The number of hydrogen-bond acceptors (Lipinski definition) is 3. The number of rotatable bonds is 3. The lowest BCUT2D eigenvalue weighted by Gasteiger charge is -2.10. The van der Waals surface area contributed by atoms with Crippen LogP contribution in [0.25, 0.3) is 11.0 Å². The zero-order valence-electron chi connectivity index (χ0n) is 13.3. The average molecular weight is 323 g/mol. The molecule has 1 saturated heterocycles. The van der Waals surface area contributed by atoms with Crippen molar-refractivity contribution in [3.63, 3.8) is 0 Å². The summed E-state index contributed by atoms with van der Waals surface area (Å²) in [5.74, 6) is 0.330. The van der Waals surface area contributed by atoms with E-state index in [1.807, 2.05) is 19.9 Å². The van der Waals surface area contributed by atoms with Crippen LogP contribution in [0.15, 0.2) is 16.5 Å². The minimum atomic E-state index is -0.115. The fraction of sp³-hybridized carbons (Fsp3) is 0.471. The Balaban J connectivity index is 0.00000176. The molecule has 2 aromatic rings. The normalized spacial score (nSPS) is 17.5. The molecule has 2 N–H and O–H groups in total. The Kier molecular flexibility index (Phi) is 5.14. The molecule has 1 aromatic heterocycles. The number of carbonyl (C=O) groups excluding carboxylic acids is 1. The molecule has 0 radical (unpaired) electrons. The van der Waals surface area contributed by atoms with Crippen LogP contribution in [0.1, 0.15) is 40.1 Å². The lowest BCUT2D eigenvalue weighted by molar-refractivity contribution is 0.0924. The summed E-state index contributed by atoms with van der Waals surface area (Å²) in [7, 11) is 0. The number of amides is 1. The summed E-state index contributed by atoms with van der Waals surface area (Å²) in [4.78, 5) is 12.4. The van der Waals surface area contributed by atoms with Crippen LogP contribution in [0.5, 0.6) is 0 Å². The molecule has 22 heavy (non-hydrogen) atoms. The topological polar surface area (TPSA) is 54.3 Å². The van der Waals surface area contributed by atoms with Crippen molar-refractivity contribution in [1.29, 1.82) is 0 Å². The van der Waals surface area contributed by atoms with Gasteiger partial charge in [-0.2, -0.15) is 0 Å². The summed E-state index contributed by atoms with van der Waals surface area (Å²) >= 11 is 0. The highest BCUT2D eigenvalue weighted by Gasteiger charge is 2.21. The largest absolute Gasteiger partial charge is 0.450 e. The van der Waals surface area contributed by atoms with E-state index in [-0.39, 0.29) is 18.3 Å². The van der Waals surface area contributed by atoms with Gasteiger partial charge in [-0.25, -0.2) is 0 Å². The van der Waals surface area contributed by atoms with Gasteiger partial charge in [0, 0.05) is 23.5 Å². The molecule has 0 saturated carbocycles. The van der Waals surface area contributed by atoms with Gasteiger partial charge in [-0.15, -0.1) is 12.4 Å². The molecule has 0 spiro atoms. The maximum absolute atomic E-state index is 12.4. The lowest BCUT2D eigenvalue weighted by atomic mass is 10.0. The quantitative estimate of drug-likeness (QED) is 0.912. The Morgan fingerprint density at radius 3 is 2.68 bits per heavy atom. The SMILES string of the molecule is Cc1ccc(C)c2c(C)c(C(=O)NCC3CCCN3)oc12.Cl. The van der Waals surface area contributed by atoms with E-state index >= 15 is 0 Å². The number of nitrogens with one attached hydrogen (secondary N) is 2. The van der Waals surface area contributed by atoms with E-state index in [0.717, 1.165) is 40.6 Å². The maximum atomic E-state index is 12.4. The van der Waals surface area contributed by atoms with Crippen molar-refractivity contribution in [1.82, 2.24) is 10.6 Å². The molecular formula is C17H23ClN2O2. The molecule has 1 fully saturated rings. The van der Waals surface area contributed by atoms with Crippen LogP contribution < -0.4 is 10.6 Å². The summed E-state index contributed by atoms with van der Waals surface area (Å²) in [6.07, 6.45) is 2.31. The molecule has 3 rings (SSSR count). The zero-order valence-corrected chi connectivity index (χ0v) is 14.1. The molecule has 1 unspecified atom stereocenters. The van der Waals surface area contributed by atoms with Gasteiger partial charge in [0.05, 0.1) is 0 Å². The first-order chi connectivity index (χ1) is 10.1. The maximum Gasteiger partial charge on any atom is 0.287 e. The Labute approximate surface area is 137 Å². The second-order valence-corrected chi connectivity index (χ2v) is 5.96. The van der Waals surface area contributed by atoms with Gasteiger partial charge in [-0.05, 0) is 51.3 Å². The van der Waals surface area contributed by atoms with E-state index in [1.165, 1.54) is 6.42 Å². The third kappa shape index (κ3) is 2.99. The molecule has 120 valence electrons. The van der Waals surface area contributed by atoms with Crippen molar-refractivity contribution in [3.05, 3.63) is 34.6 Å². The van der Waals surface area contributed by atoms with E-state index in [9.17, 15) is 4.79 Å². The van der Waals surface area contributed by atoms with Gasteiger partial charge in [0.2, 0.25) is 0 Å². The summed E-state index contributed by atoms with van der Waals surface area (Å²) in [6, 6.07) is 4.50. The minimum absolute atomic E-state index is 0. The fourth-order valence-corrected chi connectivity index (χ4v) is 3.12. The van der Waals surface area contributed by atoms with E-state index < -0.39 is 0 Å². The number of carbonyl (C=O) groups is 1. The highest BCUT2D eigenvalue weighted by atomic mass is 35.5. The van der Waals surface area contributed by atoms with E-state index in [1.54, 1.807) is 0 Å². The molecule has 1 atom stereocenters. The predicted octanol–water partition coefficient (Wildman–Crippen LogP) is 3.26. The van der Waals surface area contributed by atoms with Gasteiger partial charge in [0.25, 0.3) is 5.91 Å². The van der Waals surface area contributed by atoms with Gasteiger partial charge in [0.15, 0.2) is 5.76 Å². The number of halogens is 1. The number of fused-ring (bicyclic) bond motifs is 1. The van der Waals surface area contributed by atoms with E-state index in [0.29, 0.717) is 18.3 Å². The number of benzene rings is 1. The predicted molar refractivity (Wildman–Crippen MR) is 91.0 cm³/mol. The van der Waals surface area contributed by atoms with Crippen LogP contribution in [0.2, 0.25) is 0 Å². The highest BCUT2D eigenvalue weighted by Crippen LogP contribution is 2.30. The molecule has 0 aliphatic carbocycles. The third-order valence-electron chi connectivity index (χ3n) is 4.36. The number of aryl methyl sites for hydroxylation is 3. The van der Waals surface area contributed by atoms with Gasteiger partial charge >= 0.3 is 0 Å². The van der Waals surface area contributed by atoms with Gasteiger partial charge < -0.3 is 15.1 Å². The lowest BCUT2D eigenvalue weighted by Crippen LogP contribution is -2.37. The standard InChI is InChI=1S/C17H22N2O2.ClH/c1-10-6-7-11(2)15-14(10)12(3)16(21-15)17(20)19-9-13-5-4-8-18-13;/h6-7,13,18H,4-5,8-9H2,1-3H3,(H,19,20);1H. The minimum Gasteiger partial charge on any atom is -0.450 e. The second kappa shape index (κ2) is 6.71. The third-order valence-corrected chi connectivity index (χ3v) is 4.36. The molecule has 1 aromatic carbocycles. The molecule has 1 amide bonds. The molecule has 5 heteroatoms. The number of furan rings is 1. The molecule has 4 nitrogen and oxygen atoms in total. The summed E-state index contributed by atoms with van der Waals surface area (Å²) in [6.45, 7) is 7.72. The molecule has 1 aliphatic rings. The average Bonchev–Trinajstić information content (AvgIpc) is 3.09. The highest BCUT2D eigenvalue weighted by molar-refractivity contribution is 6.00. The van der Waals surface area contributed by atoms with Crippen molar-refractivity contribution in [2.75, 3.05) is 13.1 Å².